The molecule has 0 aliphatic carbocycles. The molecule has 26 heavy (non-hydrogen) atoms. The molecular formula is C18H20ClNO5S. The predicted octanol–water partition coefficient (Wildman–Crippen LogP) is 2.14. The summed E-state index contributed by atoms with van der Waals surface area (Å²) in [6.07, 6.45) is 1.44. The minimum Gasteiger partial charge on any atom is -0.489 e. The molecule has 140 valence electrons. The van der Waals surface area contributed by atoms with E-state index in [1.165, 1.54) is 6.20 Å². The van der Waals surface area contributed by atoms with Crippen LogP contribution in [-0.4, -0.2) is 47.6 Å². The molecule has 0 spiro atoms. The number of nitrogens with zero attached hydrogens (tertiary/aromatic N) is 1. The van der Waals surface area contributed by atoms with Crippen LogP contribution in [0.3, 0.4) is 0 Å². The topological polar surface area (TPSA) is 80.8 Å². The Bertz CT molecular complexity index is 888. The number of ether oxygens (including phenoxy) is 1. The van der Waals surface area contributed by atoms with Crippen LogP contribution in [0, 0.1) is 5.41 Å². The summed E-state index contributed by atoms with van der Waals surface area (Å²) in [4.78, 5) is 24.1. The quantitative estimate of drug-likeness (QED) is 0.441. The monoisotopic (exact) mass is 397 g/mol. The van der Waals surface area contributed by atoms with Gasteiger partial charge in [0.2, 0.25) is 4.87 Å². The number of amides is 1. The second-order valence-electron chi connectivity index (χ2n) is 7.55. The number of hydrogen-bond acceptors (Lipinski definition) is 5. The molecule has 3 rings (SSSR count). The lowest BCUT2D eigenvalue weighted by Gasteiger charge is -2.52. The average Bonchev–Trinajstić information content (AvgIpc) is 2.57. The maximum atomic E-state index is 12.7. The number of sulfone groups is 1. The summed E-state index contributed by atoms with van der Waals surface area (Å²) in [5, 5.41) is -1.36. The van der Waals surface area contributed by atoms with Crippen molar-refractivity contribution in [3.05, 3.63) is 42.1 Å². The van der Waals surface area contributed by atoms with Gasteiger partial charge < -0.3 is 4.74 Å². The number of para-hydroxylation sites is 1. The van der Waals surface area contributed by atoms with E-state index in [9.17, 15) is 18.0 Å². The number of rotatable bonds is 4. The van der Waals surface area contributed by atoms with Gasteiger partial charge in [-0.05, 0) is 17.7 Å². The van der Waals surface area contributed by atoms with Crippen molar-refractivity contribution < 1.29 is 22.7 Å². The van der Waals surface area contributed by atoms with E-state index in [-0.39, 0.29) is 12.4 Å². The van der Waals surface area contributed by atoms with Gasteiger partial charge in [-0.2, -0.15) is 0 Å². The highest BCUT2D eigenvalue weighted by atomic mass is 35.5. The van der Waals surface area contributed by atoms with Crippen LogP contribution in [0.15, 0.2) is 42.1 Å². The van der Waals surface area contributed by atoms with Gasteiger partial charge in [0.25, 0.3) is 5.91 Å². The first-order valence-corrected chi connectivity index (χ1v) is 10.2. The molecule has 1 aromatic rings. The zero-order chi connectivity index (χ0) is 19.3. The van der Waals surface area contributed by atoms with Crippen molar-refractivity contribution in [2.45, 2.75) is 31.0 Å². The molecular weight excluding hydrogens is 378 g/mol. The van der Waals surface area contributed by atoms with E-state index < -0.39 is 37.2 Å². The van der Waals surface area contributed by atoms with Crippen LogP contribution in [-0.2, 0) is 19.4 Å². The first-order chi connectivity index (χ1) is 12.0. The molecule has 0 aromatic heterocycles. The molecule has 0 radical (unpaired) electrons. The van der Waals surface area contributed by atoms with Crippen LogP contribution in [0.25, 0.3) is 0 Å². The van der Waals surface area contributed by atoms with E-state index in [0.717, 1.165) is 4.90 Å². The highest BCUT2D eigenvalue weighted by Gasteiger charge is 2.71. The minimum atomic E-state index is -3.82. The van der Waals surface area contributed by atoms with Crippen LogP contribution < -0.4 is 4.74 Å². The average molecular weight is 398 g/mol. The first kappa shape index (κ1) is 18.9. The first-order valence-electron chi connectivity index (χ1n) is 8.13. The van der Waals surface area contributed by atoms with E-state index in [4.69, 9.17) is 16.3 Å². The van der Waals surface area contributed by atoms with E-state index in [1.807, 2.05) is 6.07 Å². The lowest BCUT2D eigenvalue weighted by Crippen LogP contribution is -2.77. The molecule has 1 amide bonds. The smallest absolute Gasteiger partial charge is 0.259 e. The van der Waals surface area contributed by atoms with Crippen LogP contribution >= 0.6 is 11.6 Å². The molecule has 1 aromatic carbocycles. The van der Waals surface area contributed by atoms with Crippen molar-refractivity contribution in [1.29, 1.82) is 0 Å². The zero-order valence-corrected chi connectivity index (χ0v) is 16.3. The Morgan fingerprint density at radius 2 is 1.92 bits per heavy atom. The fraction of sp³-hybridized carbons (Fsp3) is 0.444. The fourth-order valence-corrected chi connectivity index (χ4v) is 6.10. The number of halogens is 1. The number of carbonyl (C=O) groups excluding carboxylic acids is 2. The normalized spacial score (nSPS) is 27.2. The number of alkyl halides is 1. The molecule has 2 heterocycles. The predicted molar refractivity (Wildman–Crippen MR) is 97.5 cm³/mol. The van der Waals surface area contributed by atoms with E-state index in [1.54, 1.807) is 45.0 Å². The Balaban J connectivity index is 1.85. The summed E-state index contributed by atoms with van der Waals surface area (Å²) in [6.45, 7) is 4.86. The van der Waals surface area contributed by atoms with Crippen molar-refractivity contribution in [2.24, 2.45) is 5.41 Å². The SMILES string of the molecule is CC(C)(C)C(=O)[C@]1(Cl)C(=O)N2C=C(COc3ccccc3)CS(=O)(=O)[C@H]21. The molecule has 2 aliphatic rings. The standard InChI is InChI=1S/C18H20ClNO5S/c1-17(2,3)14(21)18(19)15(22)20-9-12(11-26(23,24)16(18)20)10-25-13-7-5-4-6-8-13/h4-9,16H,10-11H2,1-3H3/t16-,18-/m0/s1. The molecule has 0 N–H and O–H groups in total. The molecule has 0 unspecified atom stereocenters. The molecule has 2 aliphatic heterocycles. The van der Waals surface area contributed by atoms with Gasteiger partial charge in [-0.25, -0.2) is 8.42 Å². The third kappa shape index (κ3) is 2.93. The summed E-state index contributed by atoms with van der Waals surface area (Å²) < 4.78 is 31.0. The van der Waals surface area contributed by atoms with Crippen molar-refractivity contribution in [2.75, 3.05) is 12.4 Å². The highest BCUT2D eigenvalue weighted by molar-refractivity contribution is 7.92. The number of ketones is 1. The van der Waals surface area contributed by atoms with Gasteiger partial charge in [0.05, 0.1) is 5.75 Å². The second kappa shape index (κ2) is 6.09. The van der Waals surface area contributed by atoms with Crippen molar-refractivity contribution in [3.63, 3.8) is 0 Å². The number of benzene rings is 1. The number of Topliss-reactive ketones (excluding diaryl/α,β-unsaturated/α-hetero) is 1. The van der Waals surface area contributed by atoms with Gasteiger partial charge in [0, 0.05) is 11.6 Å². The van der Waals surface area contributed by atoms with Gasteiger partial charge >= 0.3 is 0 Å². The summed E-state index contributed by atoms with van der Waals surface area (Å²) in [6, 6.07) is 8.95. The Morgan fingerprint density at radius 3 is 2.50 bits per heavy atom. The summed E-state index contributed by atoms with van der Waals surface area (Å²) in [5.41, 5.74) is -0.500. The number of β-lactam (4-membered cyclic amide) rings is 1. The Morgan fingerprint density at radius 1 is 1.31 bits per heavy atom. The van der Waals surface area contributed by atoms with Crippen LogP contribution in [0.4, 0.5) is 0 Å². The maximum Gasteiger partial charge on any atom is 0.259 e. The second-order valence-corrected chi connectivity index (χ2v) is 10.2. The molecule has 1 saturated heterocycles. The molecule has 8 heteroatoms. The Labute approximate surface area is 157 Å². The summed E-state index contributed by atoms with van der Waals surface area (Å²) >= 11 is 6.29. The van der Waals surface area contributed by atoms with E-state index in [0.29, 0.717) is 11.3 Å². The van der Waals surface area contributed by atoms with E-state index >= 15 is 0 Å². The molecule has 0 saturated carbocycles. The minimum absolute atomic E-state index is 0.0300. The van der Waals surface area contributed by atoms with Gasteiger partial charge in [-0.3, -0.25) is 14.5 Å². The van der Waals surface area contributed by atoms with Crippen molar-refractivity contribution in [3.8, 4) is 5.75 Å². The Hall–Kier alpha value is -1.86. The van der Waals surface area contributed by atoms with Crippen molar-refractivity contribution >= 4 is 33.1 Å². The molecule has 1 fully saturated rings. The van der Waals surface area contributed by atoms with Gasteiger partial charge in [0.1, 0.15) is 12.4 Å². The van der Waals surface area contributed by atoms with Crippen molar-refractivity contribution in [1.82, 2.24) is 4.90 Å². The van der Waals surface area contributed by atoms with Crippen LogP contribution in [0.1, 0.15) is 20.8 Å². The lowest BCUT2D eigenvalue weighted by atomic mass is 9.78. The Kier molecular flexibility index (Phi) is 4.43. The van der Waals surface area contributed by atoms with Gasteiger partial charge in [0.15, 0.2) is 21.0 Å². The highest BCUT2D eigenvalue weighted by Crippen LogP contribution is 2.47. The summed E-state index contributed by atoms with van der Waals surface area (Å²) in [5.74, 6) is -0.999. The van der Waals surface area contributed by atoms with Gasteiger partial charge in [-0.15, -0.1) is 0 Å². The third-order valence-corrected chi connectivity index (χ3v) is 7.07. The molecule has 0 bridgehead atoms. The number of carbonyl (C=O) groups is 2. The van der Waals surface area contributed by atoms with Gasteiger partial charge in [-0.1, -0.05) is 50.6 Å². The largest absolute Gasteiger partial charge is 0.489 e. The number of fused-ring (bicyclic) bond motifs is 1. The molecule has 6 nitrogen and oxygen atoms in total. The third-order valence-electron chi connectivity index (χ3n) is 4.37. The van der Waals surface area contributed by atoms with Crippen LogP contribution in [0.5, 0.6) is 5.75 Å². The molecule has 2 atom stereocenters. The van der Waals surface area contributed by atoms with E-state index in [2.05, 4.69) is 0 Å². The summed E-state index contributed by atoms with van der Waals surface area (Å²) in [7, 11) is -3.82. The lowest BCUT2D eigenvalue weighted by molar-refractivity contribution is -0.152. The fourth-order valence-electron chi connectivity index (χ4n) is 3.17. The zero-order valence-electron chi connectivity index (χ0n) is 14.7. The maximum absolute atomic E-state index is 12.7. The number of hydrogen-bond donors (Lipinski definition) is 0. The van der Waals surface area contributed by atoms with Crippen LogP contribution in [0.2, 0.25) is 0 Å².